The van der Waals surface area contributed by atoms with Crippen LogP contribution in [-0.4, -0.2) is 23.4 Å². The third-order valence-corrected chi connectivity index (χ3v) is 2.82. The summed E-state index contributed by atoms with van der Waals surface area (Å²) in [5.74, 6) is 0. The van der Waals surface area contributed by atoms with Crippen molar-refractivity contribution in [3.63, 3.8) is 0 Å². The summed E-state index contributed by atoms with van der Waals surface area (Å²) in [5, 5.41) is 6.80. The molecule has 1 N–H and O–H groups in total. The van der Waals surface area contributed by atoms with Gasteiger partial charge in [0.15, 0.2) is 6.29 Å². The van der Waals surface area contributed by atoms with Crippen molar-refractivity contribution in [2.45, 2.75) is 20.1 Å². The lowest BCUT2D eigenvalue weighted by Gasteiger charge is -2.17. The summed E-state index contributed by atoms with van der Waals surface area (Å²) in [6, 6.07) is 10.1. The van der Waals surface area contributed by atoms with Crippen LogP contribution in [0.2, 0.25) is 0 Å². The van der Waals surface area contributed by atoms with Crippen LogP contribution in [0.4, 0.5) is 0 Å². The number of hydrogen-bond donors (Lipinski definition) is 1. The van der Waals surface area contributed by atoms with E-state index in [0.717, 1.165) is 16.8 Å². The van der Waals surface area contributed by atoms with Gasteiger partial charge >= 0.3 is 0 Å². The first-order chi connectivity index (χ1) is 9.83. The molecule has 20 heavy (non-hydrogen) atoms. The highest BCUT2D eigenvalue weighted by atomic mass is 16.7. The maximum absolute atomic E-state index is 5.57. The summed E-state index contributed by atoms with van der Waals surface area (Å²) in [6.45, 7) is 5.19. The third kappa shape index (κ3) is 4.05. The van der Waals surface area contributed by atoms with Crippen molar-refractivity contribution >= 4 is 12.2 Å². The molecule has 2 rings (SSSR count). The number of benzene rings is 1. The van der Waals surface area contributed by atoms with Crippen LogP contribution < -0.4 is 0 Å². The van der Waals surface area contributed by atoms with Crippen LogP contribution >= 0.6 is 0 Å². The molecule has 4 nitrogen and oxygen atoms in total. The number of nitrogens with one attached hydrogen (secondary N) is 1. The predicted octanol–water partition coefficient (Wildman–Crippen LogP) is 3.65. The van der Waals surface area contributed by atoms with Gasteiger partial charge in [0.05, 0.1) is 5.69 Å². The Bertz CT molecular complexity index is 512. The molecule has 0 amide bonds. The largest absolute Gasteiger partial charge is 0.349 e. The van der Waals surface area contributed by atoms with Gasteiger partial charge in [0.25, 0.3) is 0 Å². The molecule has 0 spiro atoms. The Balaban J connectivity index is 2.05. The molecular weight excluding hydrogens is 252 g/mol. The van der Waals surface area contributed by atoms with Crippen molar-refractivity contribution in [2.75, 3.05) is 13.2 Å². The van der Waals surface area contributed by atoms with E-state index in [0.29, 0.717) is 13.2 Å². The Morgan fingerprint density at radius 2 is 1.75 bits per heavy atom. The minimum absolute atomic E-state index is 0.282. The molecule has 2 aromatic rings. The standard InChI is InChI=1S/C16H20N2O2/c1-3-19-16(20-4-2)14-8-5-13(6-9-14)7-10-15-11-12-17-18-15/h5-12,16H,3-4H2,1-2H3,(H,17,18)/b10-7-. The van der Waals surface area contributed by atoms with Crippen LogP contribution in [-0.2, 0) is 9.47 Å². The highest BCUT2D eigenvalue weighted by Crippen LogP contribution is 2.20. The second kappa shape index (κ2) is 7.62. The fourth-order valence-electron chi connectivity index (χ4n) is 1.85. The van der Waals surface area contributed by atoms with Crippen molar-refractivity contribution in [3.8, 4) is 0 Å². The number of aromatic amines is 1. The highest BCUT2D eigenvalue weighted by molar-refractivity contribution is 5.67. The molecule has 1 aromatic carbocycles. The molecule has 106 valence electrons. The van der Waals surface area contributed by atoms with Gasteiger partial charge in [-0.15, -0.1) is 0 Å². The first-order valence-corrected chi connectivity index (χ1v) is 6.84. The SMILES string of the molecule is CCOC(OCC)c1ccc(/C=C\c2ccn[nH]2)cc1. The van der Waals surface area contributed by atoms with Crippen LogP contribution in [0, 0.1) is 0 Å². The molecule has 1 heterocycles. The Labute approximate surface area is 119 Å². The monoisotopic (exact) mass is 272 g/mol. The fraction of sp³-hybridized carbons (Fsp3) is 0.312. The van der Waals surface area contributed by atoms with E-state index in [-0.39, 0.29) is 6.29 Å². The Morgan fingerprint density at radius 1 is 1.05 bits per heavy atom. The maximum atomic E-state index is 5.57. The zero-order chi connectivity index (χ0) is 14.2. The molecule has 0 unspecified atom stereocenters. The second-order valence-corrected chi connectivity index (χ2v) is 4.25. The summed E-state index contributed by atoms with van der Waals surface area (Å²) in [6.07, 6.45) is 5.48. The molecule has 0 saturated carbocycles. The predicted molar refractivity (Wildman–Crippen MR) is 80.0 cm³/mol. The van der Waals surface area contributed by atoms with Crippen molar-refractivity contribution in [1.29, 1.82) is 0 Å². The van der Waals surface area contributed by atoms with Crippen molar-refractivity contribution in [3.05, 3.63) is 53.3 Å². The van der Waals surface area contributed by atoms with Gasteiger partial charge in [-0.2, -0.15) is 5.10 Å². The van der Waals surface area contributed by atoms with E-state index in [1.54, 1.807) is 6.20 Å². The van der Waals surface area contributed by atoms with E-state index >= 15 is 0 Å². The first kappa shape index (κ1) is 14.5. The molecule has 0 aliphatic heterocycles. The van der Waals surface area contributed by atoms with Crippen molar-refractivity contribution in [2.24, 2.45) is 0 Å². The van der Waals surface area contributed by atoms with Gasteiger partial charge in [-0.3, -0.25) is 5.10 Å². The molecule has 0 saturated heterocycles. The number of aromatic nitrogens is 2. The Hall–Kier alpha value is -1.91. The van der Waals surface area contributed by atoms with E-state index in [4.69, 9.17) is 9.47 Å². The van der Waals surface area contributed by atoms with Gasteiger partial charge in [-0.25, -0.2) is 0 Å². The number of nitrogens with zero attached hydrogens (tertiary/aromatic N) is 1. The average molecular weight is 272 g/mol. The quantitative estimate of drug-likeness (QED) is 0.783. The second-order valence-electron chi connectivity index (χ2n) is 4.25. The molecular formula is C16H20N2O2. The maximum Gasteiger partial charge on any atom is 0.183 e. The van der Waals surface area contributed by atoms with Crippen LogP contribution in [0.25, 0.3) is 12.2 Å². The molecule has 0 aliphatic carbocycles. The highest BCUT2D eigenvalue weighted by Gasteiger charge is 2.10. The molecule has 0 fully saturated rings. The summed E-state index contributed by atoms with van der Waals surface area (Å²) >= 11 is 0. The average Bonchev–Trinajstić information content (AvgIpc) is 2.99. The van der Waals surface area contributed by atoms with E-state index in [1.165, 1.54) is 0 Å². The summed E-state index contributed by atoms with van der Waals surface area (Å²) in [7, 11) is 0. The van der Waals surface area contributed by atoms with E-state index in [9.17, 15) is 0 Å². The smallest absolute Gasteiger partial charge is 0.183 e. The fourth-order valence-corrected chi connectivity index (χ4v) is 1.85. The van der Waals surface area contributed by atoms with Gasteiger partial charge in [0.2, 0.25) is 0 Å². The van der Waals surface area contributed by atoms with Gasteiger partial charge in [-0.05, 0) is 31.6 Å². The Morgan fingerprint density at radius 3 is 2.30 bits per heavy atom. The van der Waals surface area contributed by atoms with Gasteiger partial charge in [-0.1, -0.05) is 30.3 Å². The van der Waals surface area contributed by atoms with Gasteiger partial charge < -0.3 is 9.47 Å². The number of ether oxygens (including phenoxy) is 2. The van der Waals surface area contributed by atoms with E-state index in [2.05, 4.69) is 10.2 Å². The number of rotatable bonds is 7. The minimum Gasteiger partial charge on any atom is -0.349 e. The van der Waals surface area contributed by atoms with Crippen LogP contribution in [0.5, 0.6) is 0 Å². The summed E-state index contributed by atoms with van der Waals surface area (Å²) < 4.78 is 11.1. The minimum atomic E-state index is -0.282. The van der Waals surface area contributed by atoms with Crippen LogP contribution in [0.15, 0.2) is 36.5 Å². The lowest BCUT2D eigenvalue weighted by Crippen LogP contribution is -2.08. The third-order valence-electron chi connectivity index (χ3n) is 2.82. The zero-order valence-corrected chi connectivity index (χ0v) is 11.9. The van der Waals surface area contributed by atoms with Gasteiger partial charge in [0.1, 0.15) is 0 Å². The van der Waals surface area contributed by atoms with Gasteiger partial charge in [0, 0.05) is 25.0 Å². The molecule has 0 atom stereocenters. The van der Waals surface area contributed by atoms with Crippen molar-refractivity contribution in [1.82, 2.24) is 10.2 Å². The molecule has 1 aromatic heterocycles. The first-order valence-electron chi connectivity index (χ1n) is 6.84. The van der Waals surface area contributed by atoms with Crippen LogP contribution in [0.1, 0.15) is 37.0 Å². The lowest BCUT2D eigenvalue weighted by molar-refractivity contribution is -0.140. The summed E-state index contributed by atoms with van der Waals surface area (Å²) in [4.78, 5) is 0. The van der Waals surface area contributed by atoms with E-state index in [1.807, 2.05) is 56.3 Å². The summed E-state index contributed by atoms with van der Waals surface area (Å²) in [5.41, 5.74) is 3.14. The topological polar surface area (TPSA) is 47.1 Å². The van der Waals surface area contributed by atoms with Crippen LogP contribution in [0.3, 0.4) is 0 Å². The molecule has 4 heteroatoms. The molecule has 0 radical (unpaired) electrons. The molecule has 0 aliphatic rings. The van der Waals surface area contributed by atoms with Crippen molar-refractivity contribution < 1.29 is 9.47 Å². The normalized spacial score (nSPS) is 11.6. The number of H-pyrrole nitrogens is 1. The Kier molecular flexibility index (Phi) is 5.53. The lowest BCUT2D eigenvalue weighted by atomic mass is 10.1. The zero-order valence-electron chi connectivity index (χ0n) is 11.9. The number of hydrogen-bond acceptors (Lipinski definition) is 3. The van der Waals surface area contributed by atoms with E-state index < -0.39 is 0 Å². The molecule has 0 bridgehead atoms.